The van der Waals surface area contributed by atoms with Crippen LogP contribution in [-0.4, -0.2) is 57.9 Å². The van der Waals surface area contributed by atoms with Crippen molar-refractivity contribution in [2.75, 3.05) is 31.1 Å². The van der Waals surface area contributed by atoms with Gasteiger partial charge in [0.05, 0.1) is 11.5 Å². The van der Waals surface area contributed by atoms with Crippen molar-refractivity contribution in [3.63, 3.8) is 0 Å². The highest BCUT2D eigenvalue weighted by atomic mass is 32.3. The van der Waals surface area contributed by atoms with Crippen LogP contribution in [-0.2, 0) is 26.9 Å². The summed E-state index contributed by atoms with van der Waals surface area (Å²) in [5.41, 5.74) is 1.90. The minimum Gasteiger partial charge on any atom is -0.361 e. The number of nitrogens with zero attached hydrogens (tertiary/aromatic N) is 1. The molecule has 0 fully saturated rings. The molecular weight excluding hydrogens is 362 g/mol. The summed E-state index contributed by atoms with van der Waals surface area (Å²) in [5.74, 6) is -1.51. The van der Waals surface area contributed by atoms with E-state index in [1.54, 1.807) is 6.20 Å². The second kappa shape index (κ2) is 7.58. The van der Waals surface area contributed by atoms with Crippen LogP contribution in [0.5, 0.6) is 0 Å². The maximum absolute atomic E-state index is 12.7. The molecule has 2 rings (SSSR count). The van der Waals surface area contributed by atoms with Gasteiger partial charge in [0.15, 0.2) is 0 Å². The number of aromatic amines is 1. The lowest BCUT2D eigenvalue weighted by atomic mass is 10.1. The Balaban J connectivity index is 2.03. The van der Waals surface area contributed by atoms with Crippen LogP contribution in [0.15, 0.2) is 30.5 Å². The van der Waals surface area contributed by atoms with Gasteiger partial charge in [0.1, 0.15) is 0 Å². The maximum atomic E-state index is 12.7. The summed E-state index contributed by atoms with van der Waals surface area (Å²) in [4.78, 5) is 4.52. The fourth-order valence-electron chi connectivity index (χ4n) is 2.43. The van der Waals surface area contributed by atoms with Crippen molar-refractivity contribution in [1.82, 2.24) is 9.88 Å². The Kier molecular flexibility index (Phi) is 5.94. The number of H-pyrrole nitrogens is 1. The summed E-state index contributed by atoms with van der Waals surface area (Å²) in [6.07, 6.45) is 2.29. The van der Waals surface area contributed by atoms with E-state index in [4.69, 9.17) is 0 Å². The Labute approximate surface area is 139 Å². The van der Waals surface area contributed by atoms with Crippen LogP contribution in [0.25, 0.3) is 10.9 Å². The fraction of sp³-hybridized carbons (Fsp3) is 0.429. The van der Waals surface area contributed by atoms with Gasteiger partial charge in [0, 0.05) is 36.7 Å². The van der Waals surface area contributed by atoms with E-state index < -0.39 is 32.0 Å². The van der Waals surface area contributed by atoms with E-state index in [0.717, 1.165) is 16.5 Å². The lowest BCUT2D eigenvalue weighted by Crippen LogP contribution is -2.34. The summed E-state index contributed by atoms with van der Waals surface area (Å²) in [6, 6.07) is 7.58. The van der Waals surface area contributed by atoms with E-state index in [2.05, 4.69) is 4.98 Å². The van der Waals surface area contributed by atoms with E-state index >= 15 is 0 Å². The molecule has 1 N–H and O–H groups in total. The molecule has 1 aromatic heterocycles. The first-order chi connectivity index (χ1) is 11.1. The highest BCUT2D eigenvalue weighted by Gasteiger charge is 2.16. The predicted octanol–water partition coefficient (Wildman–Crippen LogP) is 1.61. The maximum Gasteiger partial charge on any atom is 0.303 e. The summed E-state index contributed by atoms with van der Waals surface area (Å²) in [5, 5.41) is 0.994. The number of nitrogens with one attached hydrogen (secondary N) is 1. The van der Waals surface area contributed by atoms with Gasteiger partial charge in [0.2, 0.25) is 0 Å². The quantitative estimate of drug-likeness (QED) is 0.668. The zero-order chi connectivity index (χ0) is 17.8. The Morgan fingerprint density at radius 3 is 2.08 bits per heavy atom. The first kappa shape index (κ1) is 18.8. The van der Waals surface area contributed by atoms with Gasteiger partial charge in [-0.05, 0) is 18.1 Å². The third-order valence-electron chi connectivity index (χ3n) is 3.67. The molecule has 0 bridgehead atoms. The molecule has 0 aliphatic rings. The van der Waals surface area contributed by atoms with Crippen molar-refractivity contribution in [1.29, 1.82) is 0 Å². The monoisotopic (exact) mass is 380 g/mol. The topological polar surface area (TPSA) is 87.3 Å². The van der Waals surface area contributed by atoms with Crippen LogP contribution in [0.1, 0.15) is 5.56 Å². The standard InChI is InChI=1S/C14H18F2N2O4S2/c15-23(19,20)9-7-18(8-10-24(16,21)22)6-5-12-11-17-14-4-2-1-3-13(12)14/h1-4,11,17H,5-10H2. The molecule has 6 nitrogen and oxygen atoms in total. The Morgan fingerprint density at radius 1 is 0.917 bits per heavy atom. The number of halogens is 2. The lowest BCUT2D eigenvalue weighted by Gasteiger charge is -2.20. The molecule has 0 saturated heterocycles. The van der Waals surface area contributed by atoms with Gasteiger partial charge < -0.3 is 9.88 Å². The predicted molar refractivity (Wildman–Crippen MR) is 88.2 cm³/mol. The van der Waals surface area contributed by atoms with Gasteiger partial charge in [-0.15, -0.1) is 7.77 Å². The van der Waals surface area contributed by atoms with Crippen molar-refractivity contribution >= 4 is 31.3 Å². The smallest absolute Gasteiger partial charge is 0.303 e. The number of para-hydroxylation sites is 1. The highest BCUT2D eigenvalue weighted by molar-refractivity contribution is 7.86. The molecule has 10 heteroatoms. The molecule has 0 aliphatic carbocycles. The van der Waals surface area contributed by atoms with Crippen molar-refractivity contribution in [3.05, 3.63) is 36.0 Å². The molecule has 2 aromatic rings. The first-order valence-electron chi connectivity index (χ1n) is 7.26. The molecule has 0 radical (unpaired) electrons. The van der Waals surface area contributed by atoms with E-state index in [1.165, 1.54) is 4.90 Å². The molecule has 0 saturated carbocycles. The minimum absolute atomic E-state index is 0.198. The Bertz CT molecular complexity index is 858. The molecule has 0 amide bonds. The number of benzene rings is 1. The van der Waals surface area contributed by atoms with E-state index in [1.807, 2.05) is 24.3 Å². The van der Waals surface area contributed by atoms with Crippen LogP contribution in [0.4, 0.5) is 7.77 Å². The van der Waals surface area contributed by atoms with Gasteiger partial charge in [-0.2, -0.15) is 16.8 Å². The normalized spacial score (nSPS) is 13.0. The molecule has 0 spiro atoms. The van der Waals surface area contributed by atoms with Crippen LogP contribution < -0.4 is 0 Å². The first-order valence-corrected chi connectivity index (χ1v) is 10.4. The van der Waals surface area contributed by atoms with Crippen molar-refractivity contribution in [2.24, 2.45) is 0 Å². The van der Waals surface area contributed by atoms with Gasteiger partial charge in [-0.1, -0.05) is 18.2 Å². The Morgan fingerprint density at radius 2 is 1.50 bits per heavy atom. The second-order valence-corrected chi connectivity index (χ2v) is 8.41. The van der Waals surface area contributed by atoms with E-state index in [9.17, 15) is 24.6 Å². The molecule has 0 aliphatic heterocycles. The third kappa shape index (κ3) is 6.17. The Hall–Kier alpha value is -1.52. The second-order valence-electron chi connectivity index (χ2n) is 5.44. The average molecular weight is 380 g/mol. The number of aromatic nitrogens is 1. The third-order valence-corrected chi connectivity index (χ3v) is 5.02. The minimum atomic E-state index is -4.67. The van der Waals surface area contributed by atoms with E-state index in [0.29, 0.717) is 6.42 Å². The number of hydrogen-bond donors (Lipinski definition) is 1. The highest BCUT2D eigenvalue weighted by Crippen LogP contribution is 2.18. The van der Waals surface area contributed by atoms with Crippen molar-refractivity contribution < 1.29 is 24.6 Å². The molecule has 24 heavy (non-hydrogen) atoms. The molecule has 1 aromatic carbocycles. The average Bonchev–Trinajstić information content (AvgIpc) is 2.88. The van der Waals surface area contributed by atoms with Crippen LogP contribution >= 0.6 is 0 Å². The van der Waals surface area contributed by atoms with E-state index in [-0.39, 0.29) is 19.6 Å². The van der Waals surface area contributed by atoms with Crippen LogP contribution in [0, 0.1) is 0 Å². The SMILES string of the molecule is O=S(=O)(F)CCN(CCc1c[nH]c2ccccc12)CCS(=O)(=O)F. The molecule has 0 atom stereocenters. The number of hydrogen-bond acceptors (Lipinski definition) is 5. The summed E-state index contributed by atoms with van der Waals surface area (Å²) in [6.45, 7) is -0.111. The number of fused-ring (bicyclic) bond motifs is 1. The largest absolute Gasteiger partial charge is 0.361 e. The van der Waals surface area contributed by atoms with Gasteiger partial charge in [0.25, 0.3) is 0 Å². The van der Waals surface area contributed by atoms with Crippen LogP contribution in [0.3, 0.4) is 0 Å². The summed E-state index contributed by atoms with van der Waals surface area (Å²) >= 11 is 0. The zero-order valence-corrected chi connectivity index (χ0v) is 14.4. The molecule has 1 heterocycles. The summed E-state index contributed by atoms with van der Waals surface area (Å²) < 4.78 is 68.0. The molecule has 0 unspecified atom stereocenters. The summed E-state index contributed by atoms with van der Waals surface area (Å²) in [7, 11) is -9.34. The fourth-order valence-corrected chi connectivity index (χ4v) is 3.38. The van der Waals surface area contributed by atoms with Crippen LogP contribution in [0.2, 0.25) is 0 Å². The number of rotatable bonds is 9. The van der Waals surface area contributed by atoms with Gasteiger partial charge in [-0.25, -0.2) is 0 Å². The van der Waals surface area contributed by atoms with Crippen molar-refractivity contribution in [3.8, 4) is 0 Å². The lowest BCUT2D eigenvalue weighted by molar-refractivity contribution is 0.307. The molecular formula is C14H18F2N2O4S2. The van der Waals surface area contributed by atoms with Crippen molar-refractivity contribution in [2.45, 2.75) is 6.42 Å². The zero-order valence-electron chi connectivity index (χ0n) is 12.8. The van der Waals surface area contributed by atoms with Gasteiger partial charge in [-0.3, -0.25) is 0 Å². The molecule has 134 valence electrons. The van der Waals surface area contributed by atoms with Gasteiger partial charge >= 0.3 is 20.4 Å².